The maximum absolute atomic E-state index is 4.46. The van der Waals surface area contributed by atoms with Gasteiger partial charge in [-0.05, 0) is 19.8 Å². The summed E-state index contributed by atoms with van der Waals surface area (Å²) in [7, 11) is 4.03. The van der Waals surface area contributed by atoms with Crippen molar-refractivity contribution in [2.75, 3.05) is 30.4 Å². The van der Waals surface area contributed by atoms with Gasteiger partial charge in [-0.25, -0.2) is 9.97 Å². The number of nitrogens with zero attached hydrogens (tertiary/aromatic N) is 4. The molecule has 0 saturated heterocycles. The van der Waals surface area contributed by atoms with Crippen LogP contribution in [-0.2, 0) is 0 Å². The second-order valence-electron chi connectivity index (χ2n) is 5.21. The monoisotopic (exact) mass is 248 g/mol. The van der Waals surface area contributed by atoms with Crippen LogP contribution >= 0.6 is 0 Å². The standard InChI is InChI=1S/C14H24N4/c1-4-18(12-8-6-5-7-9-12)14-10-13(17(2)3)15-11-16-14/h10-12H,4-9H2,1-3H3. The molecule has 1 aliphatic rings. The van der Waals surface area contributed by atoms with E-state index in [-0.39, 0.29) is 0 Å². The Kier molecular flexibility index (Phi) is 4.39. The zero-order valence-corrected chi connectivity index (χ0v) is 11.8. The van der Waals surface area contributed by atoms with Crippen LogP contribution in [0.5, 0.6) is 0 Å². The molecule has 0 spiro atoms. The fraction of sp³-hybridized carbons (Fsp3) is 0.714. The summed E-state index contributed by atoms with van der Waals surface area (Å²) < 4.78 is 0. The summed E-state index contributed by atoms with van der Waals surface area (Å²) in [5, 5.41) is 0. The topological polar surface area (TPSA) is 32.3 Å². The molecule has 0 radical (unpaired) electrons. The third-order valence-corrected chi connectivity index (χ3v) is 3.75. The molecule has 0 atom stereocenters. The zero-order chi connectivity index (χ0) is 13.0. The summed E-state index contributed by atoms with van der Waals surface area (Å²) in [5.41, 5.74) is 0. The first kappa shape index (κ1) is 13.1. The Morgan fingerprint density at radius 1 is 1.11 bits per heavy atom. The molecule has 0 N–H and O–H groups in total. The molecular formula is C14H24N4. The van der Waals surface area contributed by atoms with Crippen molar-refractivity contribution in [3.05, 3.63) is 12.4 Å². The Bertz CT molecular complexity index is 372. The van der Waals surface area contributed by atoms with Gasteiger partial charge in [-0.2, -0.15) is 0 Å². The van der Waals surface area contributed by atoms with E-state index in [1.54, 1.807) is 6.33 Å². The van der Waals surface area contributed by atoms with E-state index in [1.165, 1.54) is 32.1 Å². The molecule has 100 valence electrons. The minimum Gasteiger partial charge on any atom is -0.363 e. The van der Waals surface area contributed by atoms with Crippen molar-refractivity contribution in [2.24, 2.45) is 0 Å². The molecular weight excluding hydrogens is 224 g/mol. The van der Waals surface area contributed by atoms with Gasteiger partial charge in [0.05, 0.1) is 0 Å². The molecule has 0 amide bonds. The normalized spacial score (nSPS) is 16.6. The van der Waals surface area contributed by atoms with Crippen LogP contribution in [0.2, 0.25) is 0 Å². The molecule has 1 aliphatic carbocycles. The third kappa shape index (κ3) is 2.92. The number of hydrogen-bond donors (Lipinski definition) is 0. The summed E-state index contributed by atoms with van der Waals surface area (Å²) in [4.78, 5) is 13.2. The van der Waals surface area contributed by atoms with Crippen molar-refractivity contribution in [3.63, 3.8) is 0 Å². The van der Waals surface area contributed by atoms with Gasteiger partial charge in [-0.1, -0.05) is 19.3 Å². The van der Waals surface area contributed by atoms with E-state index in [2.05, 4.69) is 27.9 Å². The summed E-state index contributed by atoms with van der Waals surface area (Å²) in [6.07, 6.45) is 8.38. The predicted octanol–water partition coefficient (Wildman–Crippen LogP) is 2.70. The van der Waals surface area contributed by atoms with Crippen molar-refractivity contribution in [1.82, 2.24) is 9.97 Å². The zero-order valence-electron chi connectivity index (χ0n) is 11.8. The van der Waals surface area contributed by atoms with E-state index in [9.17, 15) is 0 Å². The highest BCUT2D eigenvalue weighted by atomic mass is 15.2. The lowest BCUT2D eigenvalue weighted by Gasteiger charge is -2.34. The molecule has 4 heteroatoms. The molecule has 18 heavy (non-hydrogen) atoms. The smallest absolute Gasteiger partial charge is 0.134 e. The number of anilines is 2. The lowest BCUT2D eigenvalue weighted by atomic mass is 9.94. The van der Waals surface area contributed by atoms with Crippen LogP contribution in [0.3, 0.4) is 0 Å². The summed E-state index contributed by atoms with van der Waals surface area (Å²) in [6, 6.07) is 2.76. The molecule has 1 fully saturated rings. The van der Waals surface area contributed by atoms with Crippen molar-refractivity contribution in [1.29, 1.82) is 0 Å². The molecule has 2 rings (SSSR count). The summed E-state index contributed by atoms with van der Waals surface area (Å²) in [5.74, 6) is 2.05. The fourth-order valence-corrected chi connectivity index (χ4v) is 2.74. The average molecular weight is 248 g/mol. The molecule has 4 nitrogen and oxygen atoms in total. The van der Waals surface area contributed by atoms with Gasteiger partial charge in [0.25, 0.3) is 0 Å². The van der Waals surface area contributed by atoms with Crippen molar-refractivity contribution in [3.8, 4) is 0 Å². The van der Waals surface area contributed by atoms with Crippen LogP contribution in [0.25, 0.3) is 0 Å². The van der Waals surface area contributed by atoms with Crippen LogP contribution in [0.15, 0.2) is 12.4 Å². The Labute approximate surface area is 110 Å². The summed E-state index contributed by atoms with van der Waals surface area (Å²) in [6.45, 7) is 3.24. The lowest BCUT2D eigenvalue weighted by molar-refractivity contribution is 0.416. The van der Waals surface area contributed by atoms with E-state index in [0.717, 1.165) is 18.2 Å². The van der Waals surface area contributed by atoms with E-state index < -0.39 is 0 Å². The lowest BCUT2D eigenvalue weighted by Crippen LogP contribution is -2.37. The number of rotatable bonds is 4. The number of hydrogen-bond acceptors (Lipinski definition) is 4. The van der Waals surface area contributed by atoms with Gasteiger partial charge in [-0.15, -0.1) is 0 Å². The first-order valence-electron chi connectivity index (χ1n) is 6.98. The minimum absolute atomic E-state index is 0.661. The van der Waals surface area contributed by atoms with Crippen LogP contribution < -0.4 is 9.80 Å². The molecule has 1 aromatic rings. The Morgan fingerprint density at radius 3 is 2.39 bits per heavy atom. The van der Waals surface area contributed by atoms with Crippen molar-refractivity contribution < 1.29 is 0 Å². The van der Waals surface area contributed by atoms with Crippen LogP contribution in [0.4, 0.5) is 11.6 Å². The van der Waals surface area contributed by atoms with Crippen LogP contribution in [0, 0.1) is 0 Å². The fourth-order valence-electron chi connectivity index (χ4n) is 2.74. The Balaban J connectivity index is 2.18. The highest BCUT2D eigenvalue weighted by Crippen LogP contribution is 2.26. The first-order valence-corrected chi connectivity index (χ1v) is 6.98. The highest BCUT2D eigenvalue weighted by Gasteiger charge is 2.21. The van der Waals surface area contributed by atoms with Gasteiger partial charge in [0, 0.05) is 32.7 Å². The molecule has 1 heterocycles. The predicted molar refractivity (Wildman–Crippen MR) is 76.3 cm³/mol. The largest absolute Gasteiger partial charge is 0.363 e. The van der Waals surface area contributed by atoms with Gasteiger partial charge in [0.2, 0.25) is 0 Å². The summed E-state index contributed by atoms with van der Waals surface area (Å²) >= 11 is 0. The maximum atomic E-state index is 4.46. The quantitative estimate of drug-likeness (QED) is 0.820. The van der Waals surface area contributed by atoms with Gasteiger partial charge in [0.1, 0.15) is 18.0 Å². The van der Waals surface area contributed by atoms with Gasteiger partial charge in [0.15, 0.2) is 0 Å². The van der Waals surface area contributed by atoms with Gasteiger partial charge < -0.3 is 9.80 Å². The Hall–Kier alpha value is -1.32. The van der Waals surface area contributed by atoms with E-state index in [1.807, 2.05) is 19.0 Å². The van der Waals surface area contributed by atoms with E-state index in [0.29, 0.717) is 6.04 Å². The number of aromatic nitrogens is 2. The second-order valence-corrected chi connectivity index (χ2v) is 5.21. The van der Waals surface area contributed by atoms with Gasteiger partial charge in [-0.3, -0.25) is 0 Å². The molecule has 0 unspecified atom stereocenters. The highest BCUT2D eigenvalue weighted by molar-refractivity contribution is 5.49. The van der Waals surface area contributed by atoms with Crippen molar-refractivity contribution >= 4 is 11.6 Å². The molecule has 0 aliphatic heterocycles. The van der Waals surface area contributed by atoms with Crippen LogP contribution in [-0.4, -0.2) is 36.6 Å². The average Bonchev–Trinajstić information content (AvgIpc) is 2.41. The van der Waals surface area contributed by atoms with Crippen LogP contribution in [0.1, 0.15) is 39.0 Å². The Morgan fingerprint density at radius 2 is 1.78 bits per heavy atom. The SMILES string of the molecule is CCN(c1cc(N(C)C)ncn1)C1CCCCC1. The maximum Gasteiger partial charge on any atom is 0.134 e. The van der Waals surface area contributed by atoms with E-state index >= 15 is 0 Å². The second kappa shape index (κ2) is 6.03. The third-order valence-electron chi connectivity index (χ3n) is 3.75. The van der Waals surface area contributed by atoms with E-state index in [4.69, 9.17) is 0 Å². The molecule has 1 saturated carbocycles. The molecule has 0 aromatic carbocycles. The molecule has 1 aromatic heterocycles. The molecule has 0 bridgehead atoms. The van der Waals surface area contributed by atoms with Crippen molar-refractivity contribution in [2.45, 2.75) is 45.1 Å². The first-order chi connectivity index (χ1) is 8.72. The minimum atomic E-state index is 0.661. The van der Waals surface area contributed by atoms with Gasteiger partial charge >= 0.3 is 0 Å².